The third kappa shape index (κ3) is 4.57. The van der Waals surface area contributed by atoms with Gasteiger partial charge in [-0.05, 0) is 42.7 Å². The molecule has 1 atom stereocenters. The lowest BCUT2D eigenvalue weighted by Crippen LogP contribution is -2.51. The van der Waals surface area contributed by atoms with Gasteiger partial charge in [-0.2, -0.15) is 5.26 Å². The predicted octanol–water partition coefficient (Wildman–Crippen LogP) is 4.02. The largest absolute Gasteiger partial charge is 0.497 e. The number of nitrogens with one attached hydrogen (secondary N) is 1. The van der Waals surface area contributed by atoms with Crippen molar-refractivity contribution in [2.24, 2.45) is 5.92 Å². The monoisotopic (exact) mass is 507 g/mol. The molecule has 3 heterocycles. The zero-order valence-corrected chi connectivity index (χ0v) is 21.8. The first-order valence-electron chi connectivity index (χ1n) is 13.5. The van der Waals surface area contributed by atoms with Gasteiger partial charge in [-0.3, -0.25) is 9.69 Å². The molecule has 1 saturated carbocycles. The van der Waals surface area contributed by atoms with Gasteiger partial charge in [0.2, 0.25) is 5.91 Å². The van der Waals surface area contributed by atoms with Gasteiger partial charge in [0.05, 0.1) is 30.1 Å². The Balaban J connectivity index is 1.29. The summed E-state index contributed by atoms with van der Waals surface area (Å²) in [6.07, 6.45) is 9.69. The van der Waals surface area contributed by atoms with E-state index in [1.807, 2.05) is 36.4 Å². The summed E-state index contributed by atoms with van der Waals surface area (Å²) in [4.78, 5) is 19.6. The molecule has 1 unspecified atom stereocenters. The van der Waals surface area contributed by atoms with Gasteiger partial charge in [0.25, 0.3) is 0 Å². The smallest absolute Gasteiger partial charge is 0.225 e. The number of hydrogen-bond donors (Lipinski definition) is 1. The van der Waals surface area contributed by atoms with Gasteiger partial charge in [0, 0.05) is 56.0 Å². The van der Waals surface area contributed by atoms with Gasteiger partial charge in [-0.1, -0.05) is 42.8 Å². The minimum Gasteiger partial charge on any atom is -0.497 e. The Bertz CT molecular complexity index is 1360. The maximum atomic E-state index is 12.8. The number of nitriles is 1. The molecular formula is C31H33N5O2. The highest BCUT2D eigenvalue weighted by atomic mass is 16.5. The second kappa shape index (κ2) is 10.4. The molecule has 3 aliphatic heterocycles. The molecule has 1 aliphatic carbocycles. The van der Waals surface area contributed by atoms with Crippen molar-refractivity contribution >= 4 is 17.2 Å². The van der Waals surface area contributed by atoms with Gasteiger partial charge in [-0.25, -0.2) is 0 Å². The first-order chi connectivity index (χ1) is 18.6. The second-order valence-electron chi connectivity index (χ2n) is 10.4. The summed E-state index contributed by atoms with van der Waals surface area (Å²) >= 11 is 0. The number of rotatable bonds is 6. The number of carbonyl (C=O) groups excluding carboxylic acids is 1. The van der Waals surface area contributed by atoms with E-state index in [4.69, 9.17) is 4.74 Å². The van der Waals surface area contributed by atoms with Gasteiger partial charge < -0.3 is 19.9 Å². The van der Waals surface area contributed by atoms with Crippen LogP contribution in [0, 0.1) is 17.2 Å². The minimum absolute atomic E-state index is 0.00863. The van der Waals surface area contributed by atoms with Gasteiger partial charge >= 0.3 is 0 Å². The summed E-state index contributed by atoms with van der Waals surface area (Å²) in [5.74, 6) is 1.42. The fourth-order valence-corrected chi connectivity index (χ4v) is 5.72. The number of ether oxygens (including phenoxy) is 1. The lowest BCUT2D eigenvalue weighted by Gasteiger charge is -2.39. The number of hydrogen-bond acceptors (Lipinski definition) is 6. The Labute approximate surface area is 224 Å². The van der Waals surface area contributed by atoms with Crippen molar-refractivity contribution in [2.45, 2.75) is 25.4 Å². The zero-order chi connectivity index (χ0) is 26.1. The lowest BCUT2D eigenvalue weighted by molar-refractivity contribution is -0.139. The van der Waals surface area contributed by atoms with Crippen LogP contribution < -0.4 is 10.1 Å². The third-order valence-corrected chi connectivity index (χ3v) is 8.16. The van der Waals surface area contributed by atoms with E-state index >= 15 is 0 Å². The summed E-state index contributed by atoms with van der Waals surface area (Å²) in [5.41, 5.74) is 5.95. The van der Waals surface area contributed by atoms with E-state index in [0.29, 0.717) is 11.5 Å². The van der Waals surface area contributed by atoms with E-state index in [2.05, 4.69) is 56.6 Å². The Morgan fingerprint density at radius 3 is 2.66 bits per heavy atom. The van der Waals surface area contributed by atoms with Crippen molar-refractivity contribution in [2.75, 3.05) is 39.8 Å². The minimum atomic E-state index is -0.00863. The van der Waals surface area contributed by atoms with E-state index in [1.54, 1.807) is 7.11 Å². The average molecular weight is 508 g/mol. The van der Waals surface area contributed by atoms with Crippen molar-refractivity contribution in [3.63, 3.8) is 0 Å². The standard InChI is InChI=1S/C31H33N5O2/c1-38-26-10-5-9-23(18-26)30-28(21-34-14-16-35(17-15-34)31(37)22-7-4-8-22)36-20-25(12-13-29(36)33-30)27-11-3-2-6-24(27)19-32/h2-3,5-6,9-13,18,20,22,29,33H,4,7-8,14-17,21H2,1H3. The highest BCUT2D eigenvalue weighted by molar-refractivity contribution is 5.81. The first kappa shape index (κ1) is 24.3. The Kier molecular flexibility index (Phi) is 6.65. The Morgan fingerprint density at radius 2 is 1.92 bits per heavy atom. The number of methoxy groups -OCH3 is 1. The Hall–Kier alpha value is -4.02. The number of amides is 1. The summed E-state index contributed by atoms with van der Waals surface area (Å²) < 4.78 is 5.52. The number of allylic oxidation sites excluding steroid dienone is 2. The lowest BCUT2D eigenvalue weighted by atomic mass is 9.84. The molecule has 0 aromatic heterocycles. The molecule has 7 heteroatoms. The normalized spacial score (nSPS) is 21.4. The van der Waals surface area contributed by atoms with Crippen LogP contribution in [0.25, 0.3) is 11.3 Å². The number of fused-ring (bicyclic) bond motifs is 1. The topological polar surface area (TPSA) is 71.8 Å². The fraction of sp³-hybridized carbons (Fsp3) is 0.355. The van der Waals surface area contributed by atoms with E-state index in [1.165, 1.54) is 12.1 Å². The van der Waals surface area contributed by atoms with Crippen LogP contribution in [0.15, 0.2) is 72.6 Å². The molecule has 194 valence electrons. The maximum absolute atomic E-state index is 12.8. The predicted molar refractivity (Wildman–Crippen MR) is 147 cm³/mol. The van der Waals surface area contributed by atoms with Crippen molar-refractivity contribution < 1.29 is 9.53 Å². The second-order valence-corrected chi connectivity index (χ2v) is 10.4. The number of nitrogens with zero attached hydrogens (tertiary/aromatic N) is 4. The molecule has 1 saturated heterocycles. The summed E-state index contributed by atoms with van der Waals surface area (Å²) in [6.45, 7) is 4.04. The van der Waals surface area contributed by atoms with Crippen LogP contribution in [0.3, 0.4) is 0 Å². The van der Waals surface area contributed by atoms with Gasteiger partial charge in [-0.15, -0.1) is 0 Å². The molecule has 0 radical (unpaired) electrons. The summed E-state index contributed by atoms with van der Waals surface area (Å²) in [5, 5.41) is 13.4. The maximum Gasteiger partial charge on any atom is 0.225 e. The van der Waals surface area contributed by atoms with Crippen LogP contribution in [0.2, 0.25) is 0 Å². The molecule has 7 nitrogen and oxygen atoms in total. The van der Waals surface area contributed by atoms with E-state index in [-0.39, 0.29) is 12.1 Å². The average Bonchev–Trinajstić information content (AvgIpc) is 3.30. The number of carbonyl (C=O) groups is 1. The number of piperazine rings is 1. The molecule has 6 rings (SSSR count). The van der Waals surface area contributed by atoms with Gasteiger partial charge in [0.1, 0.15) is 11.9 Å². The molecule has 4 aliphatic rings. The van der Waals surface area contributed by atoms with E-state index in [0.717, 1.165) is 73.7 Å². The SMILES string of the molecule is COc1cccc(C2=C(CN3CCN(C(=O)C4CCC4)CC3)N3C=C(c4ccccc4C#N)C=CC3N2)c1. The van der Waals surface area contributed by atoms with Crippen LogP contribution in [-0.4, -0.2) is 66.6 Å². The van der Waals surface area contributed by atoms with Crippen molar-refractivity contribution in [3.8, 4) is 11.8 Å². The molecule has 1 amide bonds. The highest BCUT2D eigenvalue weighted by Crippen LogP contribution is 2.36. The molecule has 0 spiro atoms. The van der Waals surface area contributed by atoms with Crippen LogP contribution in [0.1, 0.15) is 36.0 Å². The van der Waals surface area contributed by atoms with E-state index < -0.39 is 0 Å². The van der Waals surface area contributed by atoms with Crippen molar-refractivity contribution in [1.29, 1.82) is 5.26 Å². The molecule has 38 heavy (non-hydrogen) atoms. The highest BCUT2D eigenvalue weighted by Gasteiger charge is 2.35. The van der Waals surface area contributed by atoms with Crippen molar-refractivity contribution in [3.05, 3.63) is 89.3 Å². The fourth-order valence-electron chi connectivity index (χ4n) is 5.72. The molecule has 0 bridgehead atoms. The van der Waals surface area contributed by atoms with Crippen LogP contribution >= 0.6 is 0 Å². The van der Waals surface area contributed by atoms with Crippen molar-refractivity contribution in [1.82, 2.24) is 20.0 Å². The quantitative estimate of drug-likeness (QED) is 0.637. The summed E-state index contributed by atoms with van der Waals surface area (Å²) in [6, 6.07) is 18.2. The first-order valence-corrected chi connectivity index (χ1v) is 13.5. The third-order valence-electron chi connectivity index (χ3n) is 8.16. The van der Waals surface area contributed by atoms with Crippen LogP contribution in [0.4, 0.5) is 0 Å². The summed E-state index contributed by atoms with van der Waals surface area (Å²) in [7, 11) is 1.69. The molecule has 1 N–H and O–H groups in total. The molecular weight excluding hydrogens is 474 g/mol. The zero-order valence-electron chi connectivity index (χ0n) is 21.8. The van der Waals surface area contributed by atoms with E-state index in [9.17, 15) is 10.1 Å². The molecule has 2 aromatic carbocycles. The van der Waals surface area contributed by atoms with Crippen LogP contribution in [-0.2, 0) is 4.79 Å². The number of benzene rings is 2. The van der Waals surface area contributed by atoms with Crippen LogP contribution in [0.5, 0.6) is 5.75 Å². The molecule has 2 aromatic rings. The Morgan fingerprint density at radius 1 is 1.11 bits per heavy atom. The molecule has 2 fully saturated rings. The van der Waals surface area contributed by atoms with Gasteiger partial charge in [0.15, 0.2) is 0 Å².